The minimum absolute atomic E-state index is 0.0562. The van der Waals surface area contributed by atoms with E-state index < -0.39 is 22.3 Å². The molecule has 0 saturated carbocycles. The van der Waals surface area contributed by atoms with Crippen molar-refractivity contribution in [3.8, 4) is 0 Å². The normalized spacial score (nSPS) is 22.1. The minimum Gasteiger partial charge on any atom is -0.394 e. The molecule has 1 fully saturated rings. The van der Waals surface area contributed by atoms with E-state index in [9.17, 15) is 24.4 Å². The van der Waals surface area contributed by atoms with Crippen molar-refractivity contribution in [2.24, 2.45) is 5.92 Å². The van der Waals surface area contributed by atoms with Crippen LogP contribution in [0.1, 0.15) is 23.7 Å². The SMILES string of the molecule is CC1CCN(C(=O)c2ccc([N+](=O)[O-])c(F)c2)C1CO. The Morgan fingerprint density at radius 1 is 1.60 bits per heavy atom. The fraction of sp³-hybridized carbons (Fsp3) is 0.462. The van der Waals surface area contributed by atoms with Crippen molar-refractivity contribution in [2.45, 2.75) is 19.4 Å². The molecule has 2 rings (SSSR count). The van der Waals surface area contributed by atoms with Crippen LogP contribution in [0.5, 0.6) is 0 Å². The lowest BCUT2D eigenvalue weighted by atomic mass is 10.0. The molecule has 6 nitrogen and oxygen atoms in total. The number of benzene rings is 1. The third-order valence-corrected chi connectivity index (χ3v) is 3.72. The van der Waals surface area contributed by atoms with Crippen molar-refractivity contribution >= 4 is 11.6 Å². The Bertz CT molecular complexity index is 549. The summed E-state index contributed by atoms with van der Waals surface area (Å²) in [6.45, 7) is 2.27. The quantitative estimate of drug-likeness (QED) is 0.674. The van der Waals surface area contributed by atoms with Crippen LogP contribution >= 0.6 is 0 Å². The number of aliphatic hydroxyl groups excluding tert-OH is 1. The molecule has 1 heterocycles. The van der Waals surface area contributed by atoms with Gasteiger partial charge >= 0.3 is 5.69 Å². The second-order valence-corrected chi connectivity index (χ2v) is 4.94. The summed E-state index contributed by atoms with van der Waals surface area (Å²) in [6, 6.07) is 2.80. The zero-order chi connectivity index (χ0) is 14.9. The average molecular weight is 282 g/mol. The maximum Gasteiger partial charge on any atom is 0.304 e. The first kappa shape index (κ1) is 14.4. The van der Waals surface area contributed by atoms with Gasteiger partial charge in [-0.2, -0.15) is 4.39 Å². The fourth-order valence-electron chi connectivity index (χ4n) is 2.49. The molecular weight excluding hydrogens is 267 g/mol. The summed E-state index contributed by atoms with van der Waals surface area (Å²) < 4.78 is 13.5. The van der Waals surface area contributed by atoms with Crippen LogP contribution in [0, 0.1) is 21.8 Å². The summed E-state index contributed by atoms with van der Waals surface area (Å²) in [4.78, 5) is 23.5. The zero-order valence-electron chi connectivity index (χ0n) is 11.0. The highest BCUT2D eigenvalue weighted by Gasteiger charge is 2.34. The molecule has 108 valence electrons. The Morgan fingerprint density at radius 2 is 2.30 bits per heavy atom. The number of aliphatic hydroxyl groups is 1. The van der Waals surface area contributed by atoms with Gasteiger partial charge in [-0.1, -0.05) is 6.92 Å². The Hall–Kier alpha value is -2.02. The number of hydrogen-bond acceptors (Lipinski definition) is 4. The number of nitro groups is 1. The molecule has 0 spiro atoms. The second kappa shape index (κ2) is 5.54. The lowest BCUT2D eigenvalue weighted by Gasteiger charge is -2.25. The van der Waals surface area contributed by atoms with E-state index in [0.29, 0.717) is 6.54 Å². The highest BCUT2D eigenvalue weighted by Crippen LogP contribution is 2.26. The Labute approximate surface area is 115 Å². The van der Waals surface area contributed by atoms with Crippen molar-refractivity contribution in [1.29, 1.82) is 0 Å². The third kappa shape index (κ3) is 2.49. The molecule has 7 heteroatoms. The summed E-state index contributed by atoms with van der Waals surface area (Å²) in [5.41, 5.74) is -0.601. The van der Waals surface area contributed by atoms with Crippen LogP contribution in [0.4, 0.5) is 10.1 Å². The largest absolute Gasteiger partial charge is 0.394 e. The van der Waals surface area contributed by atoms with Gasteiger partial charge < -0.3 is 10.0 Å². The predicted molar refractivity (Wildman–Crippen MR) is 68.7 cm³/mol. The van der Waals surface area contributed by atoms with E-state index in [1.165, 1.54) is 11.0 Å². The van der Waals surface area contributed by atoms with Crippen molar-refractivity contribution in [3.05, 3.63) is 39.7 Å². The highest BCUT2D eigenvalue weighted by atomic mass is 19.1. The maximum atomic E-state index is 13.5. The van der Waals surface area contributed by atoms with Crippen LogP contribution in [0.3, 0.4) is 0 Å². The maximum absolute atomic E-state index is 13.5. The number of carbonyl (C=O) groups excluding carboxylic acids is 1. The first-order valence-corrected chi connectivity index (χ1v) is 6.31. The standard InChI is InChI=1S/C13H15FN2O4/c1-8-4-5-15(12(8)7-17)13(18)9-2-3-11(16(19)20)10(14)6-9/h2-3,6,8,12,17H,4-5,7H2,1H3. The van der Waals surface area contributed by atoms with E-state index in [2.05, 4.69) is 0 Å². The first-order chi connectivity index (χ1) is 9.45. The van der Waals surface area contributed by atoms with Gasteiger partial charge in [0.15, 0.2) is 0 Å². The van der Waals surface area contributed by atoms with Gasteiger partial charge in [0.05, 0.1) is 17.6 Å². The van der Waals surface area contributed by atoms with Gasteiger partial charge in [0, 0.05) is 18.2 Å². The average Bonchev–Trinajstić information content (AvgIpc) is 2.78. The van der Waals surface area contributed by atoms with E-state index in [0.717, 1.165) is 18.6 Å². The molecule has 1 amide bonds. The van der Waals surface area contributed by atoms with E-state index in [4.69, 9.17) is 0 Å². The van der Waals surface area contributed by atoms with Crippen LogP contribution in [-0.2, 0) is 0 Å². The van der Waals surface area contributed by atoms with Gasteiger partial charge in [-0.15, -0.1) is 0 Å². The van der Waals surface area contributed by atoms with Gasteiger partial charge in [0.25, 0.3) is 5.91 Å². The number of likely N-dealkylation sites (tertiary alicyclic amines) is 1. The van der Waals surface area contributed by atoms with E-state index >= 15 is 0 Å². The Morgan fingerprint density at radius 3 is 2.85 bits per heavy atom. The molecule has 2 atom stereocenters. The molecule has 1 saturated heterocycles. The van der Waals surface area contributed by atoms with Gasteiger partial charge in [-0.05, 0) is 24.5 Å². The minimum atomic E-state index is -1.03. The molecule has 1 aliphatic rings. The lowest BCUT2D eigenvalue weighted by Crippen LogP contribution is -2.39. The molecule has 2 unspecified atom stereocenters. The summed E-state index contributed by atoms with van der Waals surface area (Å²) in [5.74, 6) is -1.28. The molecule has 20 heavy (non-hydrogen) atoms. The van der Waals surface area contributed by atoms with Crippen LogP contribution in [0.2, 0.25) is 0 Å². The van der Waals surface area contributed by atoms with Crippen molar-refractivity contribution < 1.29 is 19.2 Å². The van der Waals surface area contributed by atoms with E-state index in [-0.39, 0.29) is 24.1 Å². The van der Waals surface area contributed by atoms with Gasteiger partial charge in [0.1, 0.15) is 0 Å². The fourth-order valence-corrected chi connectivity index (χ4v) is 2.49. The van der Waals surface area contributed by atoms with Gasteiger partial charge in [-0.3, -0.25) is 14.9 Å². The monoisotopic (exact) mass is 282 g/mol. The molecular formula is C13H15FN2O4. The predicted octanol–water partition coefficient (Wildman–Crippen LogP) is 1.58. The smallest absolute Gasteiger partial charge is 0.304 e. The number of nitro benzene ring substituents is 1. The number of rotatable bonds is 3. The summed E-state index contributed by atoms with van der Waals surface area (Å²) in [7, 11) is 0. The first-order valence-electron chi connectivity index (χ1n) is 6.31. The van der Waals surface area contributed by atoms with Gasteiger partial charge in [0.2, 0.25) is 5.82 Å². The van der Waals surface area contributed by atoms with E-state index in [1.807, 2.05) is 6.92 Å². The topological polar surface area (TPSA) is 83.7 Å². The van der Waals surface area contributed by atoms with Crippen molar-refractivity contribution in [1.82, 2.24) is 4.90 Å². The number of amides is 1. The Kier molecular flexibility index (Phi) is 3.99. The molecule has 1 aliphatic heterocycles. The molecule has 0 radical (unpaired) electrons. The van der Waals surface area contributed by atoms with Crippen LogP contribution in [-0.4, -0.2) is 40.0 Å². The van der Waals surface area contributed by atoms with Crippen LogP contribution in [0.15, 0.2) is 18.2 Å². The lowest BCUT2D eigenvalue weighted by molar-refractivity contribution is -0.387. The van der Waals surface area contributed by atoms with E-state index in [1.54, 1.807) is 0 Å². The summed E-state index contributed by atoms with van der Waals surface area (Å²) >= 11 is 0. The summed E-state index contributed by atoms with van der Waals surface area (Å²) in [5, 5.41) is 19.9. The molecule has 0 aromatic heterocycles. The molecule has 1 aromatic carbocycles. The number of halogens is 1. The van der Waals surface area contributed by atoms with Gasteiger partial charge in [-0.25, -0.2) is 0 Å². The summed E-state index contributed by atoms with van der Waals surface area (Å²) in [6.07, 6.45) is 0.770. The Balaban J connectivity index is 2.26. The molecule has 1 N–H and O–H groups in total. The molecule has 1 aromatic rings. The van der Waals surface area contributed by atoms with Crippen molar-refractivity contribution in [3.63, 3.8) is 0 Å². The highest BCUT2D eigenvalue weighted by molar-refractivity contribution is 5.95. The number of carbonyl (C=O) groups is 1. The zero-order valence-corrected chi connectivity index (χ0v) is 11.0. The van der Waals surface area contributed by atoms with Crippen molar-refractivity contribution in [2.75, 3.05) is 13.2 Å². The third-order valence-electron chi connectivity index (χ3n) is 3.72. The molecule has 0 bridgehead atoms. The van der Waals surface area contributed by atoms with Crippen LogP contribution in [0.25, 0.3) is 0 Å². The molecule has 0 aliphatic carbocycles. The number of nitrogens with zero attached hydrogens (tertiary/aromatic N) is 2. The van der Waals surface area contributed by atoms with Crippen LogP contribution < -0.4 is 0 Å². The number of hydrogen-bond donors (Lipinski definition) is 1. The second-order valence-electron chi connectivity index (χ2n) is 4.94.